The van der Waals surface area contributed by atoms with Gasteiger partial charge in [-0.3, -0.25) is 14.4 Å². The van der Waals surface area contributed by atoms with Gasteiger partial charge in [-0.2, -0.15) is 0 Å². The van der Waals surface area contributed by atoms with Gasteiger partial charge in [0.05, 0.1) is 6.42 Å². The fraction of sp³-hybridized carbons (Fsp3) is 0.667. The smallest absolute Gasteiger partial charge is 0.322 e. The molecular formula is C9H17N3O6. The van der Waals surface area contributed by atoms with Crippen molar-refractivity contribution in [1.29, 1.82) is 0 Å². The molecule has 2 atom stereocenters. The molecule has 0 aliphatic rings. The topological polar surface area (TPSA) is 162 Å². The summed E-state index contributed by atoms with van der Waals surface area (Å²) in [5, 5.41) is 30.8. The summed E-state index contributed by atoms with van der Waals surface area (Å²) >= 11 is 0. The first-order chi connectivity index (χ1) is 8.34. The van der Waals surface area contributed by atoms with Crippen molar-refractivity contribution >= 4 is 17.9 Å². The van der Waals surface area contributed by atoms with Gasteiger partial charge in [0.2, 0.25) is 0 Å². The molecule has 9 nitrogen and oxygen atoms in total. The van der Waals surface area contributed by atoms with E-state index in [2.05, 4.69) is 10.6 Å². The van der Waals surface area contributed by atoms with Crippen molar-refractivity contribution in [3.63, 3.8) is 0 Å². The van der Waals surface area contributed by atoms with E-state index in [0.29, 0.717) is 0 Å². The molecule has 0 heterocycles. The van der Waals surface area contributed by atoms with Crippen LogP contribution in [-0.4, -0.2) is 64.9 Å². The van der Waals surface area contributed by atoms with Crippen LogP contribution in [0, 0.1) is 0 Å². The van der Waals surface area contributed by atoms with Crippen LogP contribution < -0.4 is 16.4 Å². The van der Waals surface area contributed by atoms with E-state index in [9.17, 15) is 14.4 Å². The molecule has 7 N–H and O–H groups in total. The number of nitrogens with two attached hydrogens (primary N) is 1. The highest BCUT2D eigenvalue weighted by Gasteiger charge is 2.19. The lowest BCUT2D eigenvalue weighted by Crippen LogP contribution is -2.50. The van der Waals surface area contributed by atoms with Gasteiger partial charge >= 0.3 is 17.9 Å². The average molecular weight is 263 g/mol. The van der Waals surface area contributed by atoms with Crippen LogP contribution in [0.1, 0.15) is 6.42 Å². The first-order valence-electron chi connectivity index (χ1n) is 5.21. The molecule has 0 spiro atoms. The molecule has 9 heteroatoms. The normalized spacial score (nSPS) is 13.8. The maximum atomic E-state index is 10.8. The first-order valence-corrected chi connectivity index (χ1v) is 5.21. The van der Waals surface area contributed by atoms with Crippen LogP contribution in [0.25, 0.3) is 0 Å². The summed E-state index contributed by atoms with van der Waals surface area (Å²) in [5.74, 6) is -3.39. The van der Waals surface area contributed by atoms with Crippen LogP contribution in [0.2, 0.25) is 0 Å². The van der Waals surface area contributed by atoms with E-state index in [4.69, 9.17) is 21.1 Å². The molecule has 0 aromatic rings. The molecule has 0 unspecified atom stereocenters. The van der Waals surface area contributed by atoms with E-state index in [-0.39, 0.29) is 26.1 Å². The van der Waals surface area contributed by atoms with E-state index in [1.54, 1.807) is 0 Å². The molecule has 0 rings (SSSR count). The first kappa shape index (κ1) is 16.3. The van der Waals surface area contributed by atoms with E-state index in [1.807, 2.05) is 0 Å². The van der Waals surface area contributed by atoms with Crippen LogP contribution in [0.4, 0.5) is 0 Å². The van der Waals surface area contributed by atoms with E-state index >= 15 is 0 Å². The highest BCUT2D eigenvalue weighted by atomic mass is 16.4. The van der Waals surface area contributed by atoms with Crippen molar-refractivity contribution in [2.45, 2.75) is 18.5 Å². The van der Waals surface area contributed by atoms with Gasteiger partial charge in [-0.1, -0.05) is 0 Å². The average Bonchev–Trinajstić information content (AvgIpc) is 2.26. The van der Waals surface area contributed by atoms with E-state index < -0.39 is 30.0 Å². The second kappa shape index (κ2) is 8.39. The summed E-state index contributed by atoms with van der Waals surface area (Å²) in [5.41, 5.74) is 5.21. The summed E-state index contributed by atoms with van der Waals surface area (Å²) in [6.07, 6.45) is -0.124. The van der Waals surface area contributed by atoms with Crippen LogP contribution in [0.15, 0.2) is 0 Å². The molecule has 0 fully saturated rings. The van der Waals surface area contributed by atoms with Crippen LogP contribution in [0.3, 0.4) is 0 Å². The number of aliphatic carboxylic acids is 3. The number of hydrogen-bond donors (Lipinski definition) is 6. The quantitative estimate of drug-likeness (QED) is 0.234. The van der Waals surface area contributed by atoms with Crippen molar-refractivity contribution in [1.82, 2.24) is 10.6 Å². The molecule has 104 valence electrons. The number of carbonyl (C=O) groups is 3. The van der Waals surface area contributed by atoms with Gasteiger partial charge in [0.1, 0.15) is 12.1 Å². The highest BCUT2D eigenvalue weighted by molar-refractivity contribution is 5.75. The Morgan fingerprint density at radius 2 is 1.67 bits per heavy atom. The summed E-state index contributed by atoms with van der Waals surface area (Å²) in [6.45, 7) is -0.0758. The fourth-order valence-electron chi connectivity index (χ4n) is 1.05. The van der Waals surface area contributed by atoms with Crippen molar-refractivity contribution < 1.29 is 29.7 Å². The third-order valence-electron chi connectivity index (χ3n) is 2.06. The van der Waals surface area contributed by atoms with Gasteiger partial charge in [0, 0.05) is 19.6 Å². The molecule has 18 heavy (non-hydrogen) atoms. The van der Waals surface area contributed by atoms with Crippen molar-refractivity contribution in [2.24, 2.45) is 5.73 Å². The summed E-state index contributed by atoms with van der Waals surface area (Å²) in [4.78, 5) is 31.4. The SMILES string of the molecule is N[C@@H](CN[C@@H](CNCCC(=O)O)C(=O)O)C(=O)O. The molecular weight excluding hydrogens is 246 g/mol. The molecule has 0 bridgehead atoms. The lowest BCUT2D eigenvalue weighted by Gasteiger charge is -2.16. The zero-order chi connectivity index (χ0) is 14.1. The van der Waals surface area contributed by atoms with Crippen LogP contribution >= 0.6 is 0 Å². The lowest BCUT2D eigenvalue weighted by atomic mass is 10.2. The zero-order valence-corrected chi connectivity index (χ0v) is 9.63. The Kier molecular flexibility index (Phi) is 7.59. The minimum atomic E-state index is -1.23. The maximum absolute atomic E-state index is 10.8. The largest absolute Gasteiger partial charge is 0.481 e. The standard InChI is InChI=1S/C9H17N3O6/c10-5(8(15)16)3-12-6(9(17)18)4-11-2-1-7(13)14/h5-6,11-12H,1-4,10H2,(H,13,14)(H,15,16)(H,17,18)/t5-,6-/m0/s1. The third-order valence-corrected chi connectivity index (χ3v) is 2.06. The maximum Gasteiger partial charge on any atom is 0.322 e. The second-order valence-corrected chi connectivity index (χ2v) is 3.59. The number of rotatable bonds is 10. The fourth-order valence-corrected chi connectivity index (χ4v) is 1.05. The Hall–Kier alpha value is -1.71. The molecule has 0 saturated carbocycles. The Morgan fingerprint density at radius 3 is 2.11 bits per heavy atom. The molecule has 0 aliphatic heterocycles. The second-order valence-electron chi connectivity index (χ2n) is 3.59. The number of nitrogens with one attached hydrogen (secondary N) is 2. The summed E-state index contributed by atoms with van der Waals surface area (Å²) in [6, 6.07) is -2.21. The van der Waals surface area contributed by atoms with Crippen molar-refractivity contribution in [2.75, 3.05) is 19.6 Å². The summed E-state index contributed by atoms with van der Waals surface area (Å²) in [7, 11) is 0. The highest BCUT2D eigenvalue weighted by Crippen LogP contribution is 1.85. The molecule has 0 saturated heterocycles. The number of carboxylic acids is 3. The Labute approximate surface area is 103 Å². The van der Waals surface area contributed by atoms with Crippen molar-refractivity contribution in [3.8, 4) is 0 Å². The van der Waals surface area contributed by atoms with Gasteiger partial charge in [0.15, 0.2) is 0 Å². The van der Waals surface area contributed by atoms with Gasteiger partial charge in [-0.05, 0) is 0 Å². The Bertz CT molecular complexity index is 309. The zero-order valence-electron chi connectivity index (χ0n) is 9.63. The lowest BCUT2D eigenvalue weighted by molar-refractivity contribution is -0.141. The van der Waals surface area contributed by atoms with Crippen molar-refractivity contribution in [3.05, 3.63) is 0 Å². The monoisotopic (exact) mass is 263 g/mol. The minimum absolute atomic E-state index is 0.0189. The van der Waals surface area contributed by atoms with Crippen LogP contribution in [-0.2, 0) is 14.4 Å². The number of hydrogen-bond acceptors (Lipinski definition) is 6. The van der Waals surface area contributed by atoms with E-state index in [0.717, 1.165) is 0 Å². The van der Waals surface area contributed by atoms with Gasteiger partial charge in [-0.25, -0.2) is 0 Å². The Morgan fingerprint density at radius 1 is 1.06 bits per heavy atom. The third kappa shape index (κ3) is 7.54. The van der Waals surface area contributed by atoms with Gasteiger partial charge in [-0.15, -0.1) is 0 Å². The molecule has 0 aromatic heterocycles. The Balaban J connectivity index is 3.96. The molecule has 0 amide bonds. The van der Waals surface area contributed by atoms with E-state index in [1.165, 1.54) is 0 Å². The molecule has 0 aromatic carbocycles. The van der Waals surface area contributed by atoms with Crippen LogP contribution in [0.5, 0.6) is 0 Å². The number of carboxylic acid groups (broad SMARTS) is 3. The van der Waals surface area contributed by atoms with Gasteiger partial charge in [0.25, 0.3) is 0 Å². The minimum Gasteiger partial charge on any atom is -0.481 e. The molecule has 0 aliphatic carbocycles. The predicted molar refractivity (Wildman–Crippen MR) is 60.2 cm³/mol. The molecule has 0 radical (unpaired) electrons. The summed E-state index contributed by atoms with van der Waals surface area (Å²) < 4.78 is 0. The predicted octanol–water partition coefficient (Wildman–Crippen LogP) is -2.49. The van der Waals surface area contributed by atoms with Gasteiger partial charge < -0.3 is 31.7 Å².